The molecule has 2 N–H and O–H groups in total. The lowest BCUT2D eigenvalue weighted by molar-refractivity contribution is 0.819. The molecule has 1 aromatic carbocycles. The lowest BCUT2D eigenvalue weighted by Gasteiger charge is -2.21. The smallest absolute Gasteiger partial charge is 0.254 e. The Balaban J connectivity index is 1.97. The number of fused-ring (bicyclic) bond motifs is 1. The molecule has 0 atom stereocenters. The third-order valence-electron chi connectivity index (χ3n) is 3.50. The fourth-order valence-electron chi connectivity index (χ4n) is 2.43. The van der Waals surface area contributed by atoms with Crippen LogP contribution in [-0.4, -0.2) is 26.6 Å². The van der Waals surface area contributed by atoms with Gasteiger partial charge in [-0.15, -0.1) is 0 Å². The van der Waals surface area contributed by atoms with Gasteiger partial charge >= 0.3 is 0 Å². The Bertz CT molecular complexity index is 764. The van der Waals surface area contributed by atoms with Crippen molar-refractivity contribution in [3.8, 4) is 0 Å². The van der Waals surface area contributed by atoms with Crippen molar-refractivity contribution in [1.29, 1.82) is 0 Å². The quantitative estimate of drug-likeness (QED) is 0.785. The van der Waals surface area contributed by atoms with Crippen LogP contribution in [0.25, 0.3) is 5.78 Å². The minimum Gasteiger partial charge on any atom is -0.355 e. The molecule has 21 heavy (non-hydrogen) atoms. The molecular weight excluding hydrogens is 264 g/mol. The van der Waals surface area contributed by atoms with Gasteiger partial charge in [-0.3, -0.25) is 0 Å². The third kappa shape index (κ3) is 2.57. The summed E-state index contributed by atoms with van der Waals surface area (Å²) in [5.41, 5.74) is 9.10. The maximum Gasteiger partial charge on any atom is 0.254 e. The SMILES string of the molecule is Cc1cc(N(C)Cc2ccccc2CN)n2ncnc2n1. The second-order valence-corrected chi connectivity index (χ2v) is 5.06. The van der Waals surface area contributed by atoms with E-state index in [2.05, 4.69) is 32.1 Å². The lowest BCUT2D eigenvalue weighted by atomic mass is 10.1. The van der Waals surface area contributed by atoms with Crippen molar-refractivity contribution >= 4 is 11.6 Å². The molecule has 6 heteroatoms. The van der Waals surface area contributed by atoms with Crippen LogP contribution in [0.1, 0.15) is 16.8 Å². The predicted molar refractivity (Wildman–Crippen MR) is 82.0 cm³/mol. The Kier molecular flexibility index (Phi) is 3.53. The molecule has 2 heterocycles. The zero-order chi connectivity index (χ0) is 14.8. The van der Waals surface area contributed by atoms with Crippen molar-refractivity contribution in [2.24, 2.45) is 5.73 Å². The third-order valence-corrected chi connectivity index (χ3v) is 3.50. The number of hydrogen-bond donors (Lipinski definition) is 1. The Morgan fingerprint density at radius 3 is 2.76 bits per heavy atom. The molecule has 0 amide bonds. The van der Waals surface area contributed by atoms with Gasteiger partial charge in [-0.2, -0.15) is 14.6 Å². The van der Waals surface area contributed by atoms with Crippen molar-refractivity contribution in [3.63, 3.8) is 0 Å². The van der Waals surface area contributed by atoms with Crippen LogP contribution in [0.5, 0.6) is 0 Å². The normalized spacial score (nSPS) is 11.0. The van der Waals surface area contributed by atoms with E-state index in [9.17, 15) is 0 Å². The average molecular weight is 282 g/mol. The van der Waals surface area contributed by atoms with Gasteiger partial charge in [-0.05, 0) is 18.1 Å². The van der Waals surface area contributed by atoms with Gasteiger partial charge in [0.1, 0.15) is 12.1 Å². The Morgan fingerprint density at radius 2 is 2.00 bits per heavy atom. The molecule has 0 saturated carbocycles. The lowest BCUT2D eigenvalue weighted by Crippen LogP contribution is -2.21. The van der Waals surface area contributed by atoms with Crippen LogP contribution < -0.4 is 10.6 Å². The highest BCUT2D eigenvalue weighted by atomic mass is 15.4. The van der Waals surface area contributed by atoms with E-state index in [1.54, 1.807) is 4.52 Å². The average Bonchev–Trinajstić information content (AvgIpc) is 2.94. The first kappa shape index (κ1) is 13.5. The molecule has 0 radical (unpaired) electrons. The predicted octanol–water partition coefficient (Wildman–Crippen LogP) is 1.53. The highest BCUT2D eigenvalue weighted by Crippen LogP contribution is 2.18. The van der Waals surface area contributed by atoms with Crippen molar-refractivity contribution in [2.45, 2.75) is 20.0 Å². The van der Waals surface area contributed by atoms with Crippen molar-refractivity contribution < 1.29 is 0 Å². The molecule has 0 fully saturated rings. The van der Waals surface area contributed by atoms with Crippen LogP contribution in [0, 0.1) is 6.92 Å². The van der Waals surface area contributed by atoms with Gasteiger partial charge in [0.2, 0.25) is 0 Å². The van der Waals surface area contributed by atoms with E-state index in [4.69, 9.17) is 5.73 Å². The number of nitrogens with two attached hydrogens (primary N) is 1. The second kappa shape index (κ2) is 5.49. The van der Waals surface area contributed by atoms with E-state index in [0.717, 1.165) is 23.6 Å². The number of hydrogen-bond acceptors (Lipinski definition) is 5. The summed E-state index contributed by atoms with van der Waals surface area (Å²) >= 11 is 0. The molecular formula is C15H18N6. The summed E-state index contributed by atoms with van der Waals surface area (Å²) < 4.78 is 1.75. The van der Waals surface area contributed by atoms with Gasteiger partial charge < -0.3 is 10.6 Å². The van der Waals surface area contributed by atoms with Crippen LogP contribution >= 0.6 is 0 Å². The number of rotatable bonds is 4. The first-order chi connectivity index (χ1) is 10.2. The van der Waals surface area contributed by atoms with E-state index in [-0.39, 0.29) is 0 Å². The number of aromatic nitrogens is 4. The van der Waals surface area contributed by atoms with Gasteiger partial charge in [0.05, 0.1) is 0 Å². The van der Waals surface area contributed by atoms with Crippen molar-refractivity contribution in [2.75, 3.05) is 11.9 Å². The molecule has 3 aromatic rings. The number of nitrogens with zero attached hydrogens (tertiary/aromatic N) is 5. The van der Waals surface area contributed by atoms with Crippen molar-refractivity contribution in [3.05, 3.63) is 53.5 Å². The van der Waals surface area contributed by atoms with Gasteiger partial charge in [0, 0.05) is 31.9 Å². The molecule has 0 aliphatic rings. The summed E-state index contributed by atoms with van der Waals surface area (Å²) in [7, 11) is 2.03. The molecule has 108 valence electrons. The molecule has 2 aromatic heterocycles. The molecule has 3 rings (SSSR count). The van der Waals surface area contributed by atoms with E-state index >= 15 is 0 Å². The Labute approximate surface area is 123 Å². The first-order valence-corrected chi connectivity index (χ1v) is 6.84. The maximum absolute atomic E-state index is 5.81. The summed E-state index contributed by atoms with van der Waals surface area (Å²) in [6.45, 7) is 3.25. The minimum atomic E-state index is 0.540. The van der Waals surface area contributed by atoms with Crippen molar-refractivity contribution in [1.82, 2.24) is 19.6 Å². The topological polar surface area (TPSA) is 72.3 Å². The monoisotopic (exact) mass is 282 g/mol. The highest BCUT2D eigenvalue weighted by molar-refractivity contribution is 5.47. The zero-order valence-corrected chi connectivity index (χ0v) is 12.2. The molecule has 6 nitrogen and oxygen atoms in total. The number of benzene rings is 1. The molecule has 0 spiro atoms. The standard InChI is InChI=1S/C15H18N6/c1-11-7-14(21-15(19-11)17-10-18-21)20(2)9-13-6-4-3-5-12(13)8-16/h3-7,10H,8-9,16H2,1-2H3. The van der Waals surface area contributed by atoms with E-state index < -0.39 is 0 Å². The summed E-state index contributed by atoms with van der Waals surface area (Å²) in [6.07, 6.45) is 1.52. The van der Waals surface area contributed by atoms with Gasteiger partial charge in [-0.25, -0.2) is 4.98 Å². The van der Waals surface area contributed by atoms with Gasteiger partial charge in [0.25, 0.3) is 5.78 Å². The van der Waals surface area contributed by atoms with Gasteiger partial charge in [-0.1, -0.05) is 24.3 Å². The largest absolute Gasteiger partial charge is 0.355 e. The first-order valence-electron chi connectivity index (χ1n) is 6.84. The fourth-order valence-corrected chi connectivity index (χ4v) is 2.43. The van der Waals surface area contributed by atoms with Crippen LogP contribution in [0.15, 0.2) is 36.7 Å². The van der Waals surface area contributed by atoms with Crippen LogP contribution in [0.2, 0.25) is 0 Å². The molecule has 0 bridgehead atoms. The van der Waals surface area contributed by atoms with Crippen LogP contribution in [0.3, 0.4) is 0 Å². The fraction of sp³-hybridized carbons (Fsp3) is 0.267. The summed E-state index contributed by atoms with van der Waals surface area (Å²) in [4.78, 5) is 10.6. The van der Waals surface area contributed by atoms with E-state index in [1.807, 2.05) is 32.2 Å². The van der Waals surface area contributed by atoms with E-state index in [1.165, 1.54) is 11.9 Å². The summed E-state index contributed by atoms with van der Waals surface area (Å²) in [6, 6.07) is 10.2. The van der Waals surface area contributed by atoms with Crippen LogP contribution in [-0.2, 0) is 13.1 Å². The summed E-state index contributed by atoms with van der Waals surface area (Å²) in [5, 5.41) is 4.24. The van der Waals surface area contributed by atoms with Crippen LogP contribution in [0.4, 0.5) is 5.82 Å². The molecule has 0 unspecified atom stereocenters. The van der Waals surface area contributed by atoms with E-state index in [0.29, 0.717) is 12.3 Å². The van der Waals surface area contributed by atoms with Gasteiger partial charge in [0.15, 0.2) is 0 Å². The summed E-state index contributed by atoms with van der Waals surface area (Å²) in [5.74, 6) is 1.57. The molecule has 0 aliphatic heterocycles. The Morgan fingerprint density at radius 1 is 1.24 bits per heavy atom. The maximum atomic E-state index is 5.81. The number of aryl methyl sites for hydroxylation is 1. The molecule has 0 saturated heterocycles. The zero-order valence-electron chi connectivity index (χ0n) is 12.2. The molecule has 0 aliphatic carbocycles. The second-order valence-electron chi connectivity index (χ2n) is 5.06. The number of anilines is 1. The highest BCUT2D eigenvalue weighted by Gasteiger charge is 2.11. The minimum absolute atomic E-state index is 0.540. The Hall–Kier alpha value is -2.47.